The van der Waals surface area contributed by atoms with Gasteiger partial charge in [-0.1, -0.05) is 60.7 Å². The van der Waals surface area contributed by atoms with Gasteiger partial charge in [0.15, 0.2) is 0 Å². The number of epoxide rings is 1. The highest BCUT2D eigenvalue weighted by atomic mass is 16.6. The fraction of sp³-hybridized carbons (Fsp3) is 0.368. The summed E-state index contributed by atoms with van der Waals surface area (Å²) in [4.78, 5) is 2.60. The third-order valence-corrected chi connectivity index (χ3v) is 4.67. The van der Waals surface area contributed by atoms with Gasteiger partial charge in [0.2, 0.25) is 0 Å². The summed E-state index contributed by atoms with van der Waals surface area (Å²) in [6.45, 7) is 2.01. The predicted octanol–water partition coefficient (Wildman–Crippen LogP) is 3.62. The third-order valence-electron chi connectivity index (χ3n) is 4.67. The van der Waals surface area contributed by atoms with Crippen molar-refractivity contribution in [2.75, 3.05) is 0 Å². The lowest BCUT2D eigenvalue weighted by molar-refractivity contribution is 0.130. The van der Waals surface area contributed by atoms with E-state index in [1.54, 1.807) is 0 Å². The summed E-state index contributed by atoms with van der Waals surface area (Å²) in [5.41, 5.74) is 2.77. The molecule has 0 N–H and O–H groups in total. The molecule has 2 aliphatic rings. The van der Waals surface area contributed by atoms with Gasteiger partial charge in [-0.3, -0.25) is 4.90 Å². The first-order chi connectivity index (χ1) is 10.4. The molecule has 0 amide bonds. The average Bonchev–Trinajstić information content (AvgIpc) is 3.19. The molecule has 2 aromatic rings. The van der Waals surface area contributed by atoms with Crippen LogP contribution in [0.4, 0.5) is 0 Å². The Bertz CT molecular complexity index is 542. The molecule has 1 saturated carbocycles. The molecular weight excluding hydrogens is 258 g/mol. The second-order valence-electron chi connectivity index (χ2n) is 6.16. The van der Waals surface area contributed by atoms with Gasteiger partial charge in [0, 0.05) is 19.1 Å². The van der Waals surface area contributed by atoms with Gasteiger partial charge in [0.1, 0.15) is 0 Å². The Balaban J connectivity index is 1.53. The second-order valence-corrected chi connectivity index (χ2v) is 6.16. The van der Waals surface area contributed by atoms with Crippen LogP contribution in [0.2, 0.25) is 0 Å². The molecule has 3 atom stereocenters. The molecule has 1 saturated heterocycles. The standard InChI is InChI=1S/C19H21NO/c1-3-7-15(8-4-1)13-20(14-16-9-5-2-6-10-16)17-11-12-18-19(17)21-18/h1-10,17-19H,11-14H2. The summed E-state index contributed by atoms with van der Waals surface area (Å²) in [7, 11) is 0. The molecular formula is C19H21NO. The zero-order valence-electron chi connectivity index (χ0n) is 12.2. The van der Waals surface area contributed by atoms with E-state index >= 15 is 0 Å². The zero-order chi connectivity index (χ0) is 14.1. The van der Waals surface area contributed by atoms with Crippen molar-refractivity contribution < 1.29 is 4.74 Å². The van der Waals surface area contributed by atoms with Crippen LogP contribution >= 0.6 is 0 Å². The van der Waals surface area contributed by atoms with Crippen LogP contribution in [0.5, 0.6) is 0 Å². The zero-order valence-corrected chi connectivity index (χ0v) is 12.2. The van der Waals surface area contributed by atoms with Crippen molar-refractivity contribution in [3.8, 4) is 0 Å². The molecule has 21 heavy (non-hydrogen) atoms. The maximum absolute atomic E-state index is 5.78. The molecule has 2 heteroatoms. The second kappa shape index (κ2) is 5.63. The van der Waals surface area contributed by atoms with Gasteiger partial charge in [0.25, 0.3) is 0 Å². The Kier molecular flexibility index (Phi) is 3.50. The molecule has 0 bridgehead atoms. The first kappa shape index (κ1) is 13.1. The number of fused-ring (bicyclic) bond motifs is 1. The number of hydrogen-bond donors (Lipinski definition) is 0. The smallest absolute Gasteiger partial charge is 0.0996 e. The SMILES string of the molecule is c1ccc(CN(Cc2ccccc2)C2CCC3OC32)cc1. The van der Waals surface area contributed by atoms with E-state index in [0.717, 1.165) is 13.1 Å². The van der Waals surface area contributed by atoms with Crippen molar-refractivity contribution in [1.29, 1.82) is 0 Å². The summed E-state index contributed by atoms with van der Waals surface area (Å²) in [6.07, 6.45) is 3.53. The maximum atomic E-state index is 5.78. The van der Waals surface area contributed by atoms with Crippen LogP contribution in [-0.4, -0.2) is 23.1 Å². The van der Waals surface area contributed by atoms with E-state index in [1.807, 2.05) is 0 Å². The highest BCUT2D eigenvalue weighted by Gasteiger charge is 2.52. The van der Waals surface area contributed by atoms with E-state index in [0.29, 0.717) is 18.2 Å². The molecule has 2 nitrogen and oxygen atoms in total. The quantitative estimate of drug-likeness (QED) is 0.777. The van der Waals surface area contributed by atoms with Crippen LogP contribution in [0.3, 0.4) is 0 Å². The third kappa shape index (κ3) is 2.87. The van der Waals surface area contributed by atoms with E-state index in [9.17, 15) is 0 Å². The van der Waals surface area contributed by atoms with Gasteiger partial charge >= 0.3 is 0 Å². The van der Waals surface area contributed by atoms with Crippen molar-refractivity contribution in [2.45, 2.75) is 44.2 Å². The summed E-state index contributed by atoms with van der Waals surface area (Å²) in [5.74, 6) is 0. The van der Waals surface area contributed by atoms with Crippen LogP contribution in [-0.2, 0) is 17.8 Å². The topological polar surface area (TPSA) is 15.8 Å². The molecule has 4 rings (SSSR count). The normalized spacial score (nSPS) is 26.8. The number of ether oxygens (including phenoxy) is 1. The average molecular weight is 279 g/mol. The van der Waals surface area contributed by atoms with Crippen LogP contribution in [0, 0.1) is 0 Å². The van der Waals surface area contributed by atoms with Crippen molar-refractivity contribution in [1.82, 2.24) is 4.90 Å². The number of rotatable bonds is 5. The highest BCUT2D eigenvalue weighted by molar-refractivity contribution is 5.18. The van der Waals surface area contributed by atoms with E-state index < -0.39 is 0 Å². The van der Waals surface area contributed by atoms with Crippen molar-refractivity contribution in [2.24, 2.45) is 0 Å². The molecule has 0 spiro atoms. The molecule has 2 aromatic carbocycles. The molecule has 1 aliphatic carbocycles. The fourth-order valence-corrected chi connectivity index (χ4v) is 3.54. The summed E-state index contributed by atoms with van der Waals surface area (Å²) >= 11 is 0. The van der Waals surface area contributed by atoms with Gasteiger partial charge in [-0.05, 0) is 24.0 Å². The van der Waals surface area contributed by atoms with E-state index in [-0.39, 0.29) is 0 Å². The lowest BCUT2D eigenvalue weighted by Crippen LogP contribution is -2.36. The Morgan fingerprint density at radius 2 is 1.38 bits per heavy atom. The van der Waals surface area contributed by atoms with Gasteiger partial charge < -0.3 is 4.74 Å². The van der Waals surface area contributed by atoms with Gasteiger partial charge in [0.05, 0.1) is 12.2 Å². The number of hydrogen-bond acceptors (Lipinski definition) is 2. The molecule has 2 fully saturated rings. The van der Waals surface area contributed by atoms with Gasteiger partial charge in [-0.15, -0.1) is 0 Å². The van der Waals surface area contributed by atoms with E-state index in [1.165, 1.54) is 24.0 Å². The van der Waals surface area contributed by atoms with Crippen LogP contribution in [0.25, 0.3) is 0 Å². The first-order valence-electron chi connectivity index (χ1n) is 7.87. The van der Waals surface area contributed by atoms with E-state index in [2.05, 4.69) is 65.6 Å². The van der Waals surface area contributed by atoms with Crippen LogP contribution in [0.15, 0.2) is 60.7 Å². The predicted molar refractivity (Wildman–Crippen MR) is 83.8 cm³/mol. The van der Waals surface area contributed by atoms with Crippen molar-refractivity contribution >= 4 is 0 Å². The Morgan fingerprint density at radius 3 is 1.81 bits per heavy atom. The summed E-state index contributed by atoms with van der Waals surface area (Å²) < 4.78 is 5.78. The summed E-state index contributed by atoms with van der Waals surface area (Å²) in [5, 5.41) is 0. The molecule has 0 aromatic heterocycles. The lowest BCUT2D eigenvalue weighted by atomic mass is 10.1. The summed E-state index contributed by atoms with van der Waals surface area (Å²) in [6, 6.07) is 22.1. The van der Waals surface area contributed by atoms with Crippen LogP contribution < -0.4 is 0 Å². The Hall–Kier alpha value is -1.64. The van der Waals surface area contributed by atoms with Crippen molar-refractivity contribution in [3.63, 3.8) is 0 Å². The number of benzene rings is 2. The van der Waals surface area contributed by atoms with Gasteiger partial charge in [-0.25, -0.2) is 0 Å². The lowest BCUT2D eigenvalue weighted by Gasteiger charge is -2.29. The molecule has 1 heterocycles. The Morgan fingerprint density at radius 1 is 0.810 bits per heavy atom. The first-order valence-corrected chi connectivity index (χ1v) is 7.87. The minimum atomic E-state index is 0.484. The molecule has 1 aliphatic heterocycles. The molecule has 0 radical (unpaired) electrons. The largest absolute Gasteiger partial charge is 0.368 e. The maximum Gasteiger partial charge on any atom is 0.0996 e. The Labute approximate surface area is 126 Å². The monoisotopic (exact) mass is 279 g/mol. The molecule has 108 valence electrons. The van der Waals surface area contributed by atoms with E-state index in [4.69, 9.17) is 4.74 Å². The highest BCUT2D eigenvalue weighted by Crippen LogP contribution is 2.42. The minimum Gasteiger partial charge on any atom is -0.368 e. The van der Waals surface area contributed by atoms with Crippen LogP contribution in [0.1, 0.15) is 24.0 Å². The fourth-order valence-electron chi connectivity index (χ4n) is 3.54. The number of nitrogens with zero attached hydrogens (tertiary/aromatic N) is 1. The van der Waals surface area contributed by atoms with Gasteiger partial charge in [-0.2, -0.15) is 0 Å². The minimum absolute atomic E-state index is 0.484. The molecule has 3 unspecified atom stereocenters. The van der Waals surface area contributed by atoms with Crippen molar-refractivity contribution in [3.05, 3.63) is 71.8 Å².